The molecule has 0 saturated carbocycles. The second-order valence-electron chi connectivity index (χ2n) is 11.8. The van der Waals surface area contributed by atoms with Gasteiger partial charge in [-0.25, -0.2) is 9.59 Å². The van der Waals surface area contributed by atoms with Crippen LogP contribution in [-0.2, 0) is 32.0 Å². The van der Waals surface area contributed by atoms with Crippen molar-refractivity contribution in [2.24, 2.45) is 5.92 Å². The van der Waals surface area contributed by atoms with Crippen LogP contribution in [0.25, 0.3) is 11.1 Å². The lowest BCUT2D eigenvalue weighted by molar-refractivity contribution is -0.164. The van der Waals surface area contributed by atoms with Gasteiger partial charge in [-0.05, 0) is 74.4 Å². The van der Waals surface area contributed by atoms with Gasteiger partial charge in [0.05, 0.1) is 11.5 Å². The van der Waals surface area contributed by atoms with Crippen LogP contribution in [0, 0.1) is 5.92 Å². The predicted octanol–water partition coefficient (Wildman–Crippen LogP) is 7.79. The van der Waals surface area contributed by atoms with Crippen molar-refractivity contribution >= 4 is 18.0 Å². The molecule has 0 fully saturated rings. The molecule has 0 heterocycles. The summed E-state index contributed by atoms with van der Waals surface area (Å²) in [5, 5.41) is 2.73. The zero-order valence-electron chi connectivity index (χ0n) is 26.1. The van der Waals surface area contributed by atoms with E-state index in [1.165, 1.54) is 0 Å². The van der Waals surface area contributed by atoms with Crippen LogP contribution in [0.3, 0.4) is 0 Å². The fourth-order valence-corrected chi connectivity index (χ4v) is 4.86. The maximum absolute atomic E-state index is 13.6. The number of hydrogen-bond acceptors (Lipinski definition) is 6. The largest absolute Gasteiger partial charge is 0.460 e. The highest BCUT2D eigenvalue weighted by Crippen LogP contribution is 2.25. The predicted molar refractivity (Wildman–Crippen MR) is 174 cm³/mol. The molecule has 7 heteroatoms. The average molecular weight is 608 g/mol. The van der Waals surface area contributed by atoms with Gasteiger partial charge in [0.1, 0.15) is 18.3 Å². The standard InChI is InChI=1S/C38H41NO6/c1-38(2,3)45-36(41)33(25-26-39-37(42)43-27-29-13-7-4-8-14-29)34(44-35(40)32-17-11-6-12-18-32)24-21-28-19-22-31(23-20-28)30-15-9-5-10-16-30/h4-20,22-23,33-34H,21,24-27H2,1-3H3,(H,39,42). The Hall–Kier alpha value is -4.91. The lowest BCUT2D eigenvalue weighted by atomic mass is 9.92. The molecule has 0 radical (unpaired) electrons. The zero-order chi connectivity index (χ0) is 32.1. The van der Waals surface area contributed by atoms with Gasteiger partial charge in [0.15, 0.2) is 0 Å². The second-order valence-corrected chi connectivity index (χ2v) is 11.8. The molecule has 1 N–H and O–H groups in total. The third kappa shape index (κ3) is 10.9. The van der Waals surface area contributed by atoms with Crippen molar-refractivity contribution in [2.45, 2.75) is 58.3 Å². The van der Waals surface area contributed by atoms with E-state index >= 15 is 0 Å². The van der Waals surface area contributed by atoms with Crippen LogP contribution in [0.15, 0.2) is 115 Å². The molecule has 0 aromatic heterocycles. The van der Waals surface area contributed by atoms with E-state index in [0.29, 0.717) is 18.4 Å². The molecule has 234 valence electrons. The molecular weight excluding hydrogens is 566 g/mol. The molecule has 2 unspecified atom stereocenters. The molecule has 45 heavy (non-hydrogen) atoms. The first-order chi connectivity index (χ1) is 21.7. The van der Waals surface area contributed by atoms with E-state index in [-0.39, 0.29) is 19.6 Å². The van der Waals surface area contributed by atoms with Gasteiger partial charge >= 0.3 is 18.0 Å². The van der Waals surface area contributed by atoms with Crippen molar-refractivity contribution in [3.63, 3.8) is 0 Å². The van der Waals surface area contributed by atoms with Crippen LogP contribution >= 0.6 is 0 Å². The highest BCUT2D eigenvalue weighted by molar-refractivity contribution is 5.89. The smallest absolute Gasteiger partial charge is 0.407 e. The monoisotopic (exact) mass is 607 g/mol. The quantitative estimate of drug-likeness (QED) is 0.123. The van der Waals surface area contributed by atoms with Crippen molar-refractivity contribution in [1.29, 1.82) is 0 Å². The molecule has 4 rings (SSSR count). The van der Waals surface area contributed by atoms with E-state index in [9.17, 15) is 14.4 Å². The van der Waals surface area contributed by atoms with Crippen LogP contribution in [-0.4, -0.2) is 36.3 Å². The Labute approximate surface area is 265 Å². The summed E-state index contributed by atoms with van der Waals surface area (Å²) in [5.74, 6) is -1.84. The first kappa shape index (κ1) is 33.0. The summed E-state index contributed by atoms with van der Waals surface area (Å²) in [5.41, 5.74) is 3.77. The fraction of sp³-hybridized carbons (Fsp3) is 0.289. The first-order valence-electron chi connectivity index (χ1n) is 15.3. The van der Waals surface area contributed by atoms with Gasteiger partial charge in [-0.3, -0.25) is 4.79 Å². The van der Waals surface area contributed by atoms with E-state index in [1.54, 1.807) is 45.0 Å². The van der Waals surface area contributed by atoms with Crippen LogP contribution in [0.4, 0.5) is 4.79 Å². The Kier molecular flexibility index (Phi) is 11.9. The molecule has 4 aromatic rings. The molecule has 0 spiro atoms. The number of carbonyl (C=O) groups is 3. The van der Waals surface area contributed by atoms with Gasteiger partial charge in [-0.1, -0.05) is 103 Å². The Bertz CT molecular complexity index is 1500. The third-order valence-corrected chi connectivity index (χ3v) is 7.14. The van der Waals surface area contributed by atoms with Gasteiger partial charge in [0, 0.05) is 6.54 Å². The van der Waals surface area contributed by atoms with Crippen molar-refractivity contribution in [3.8, 4) is 11.1 Å². The maximum atomic E-state index is 13.6. The van der Waals surface area contributed by atoms with Crippen LogP contribution < -0.4 is 5.32 Å². The summed E-state index contributed by atoms with van der Waals surface area (Å²) >= 11 is 0. The lowest BCUT2D eigenvalue weighted by Crippen LogP contribution is -2.40. The number of nitrogens with one attached hydrogen (secondary N) is 1. The minimum atomic E-state index is -0.824. The highest BCUT2D eigenvalue weighted by Gasteiger charge is 2.35. The number of aryl methyl sites for hydroxylation is 1. The molecular formula is C38H41NO6. The minimum absolute atomic E-state index is 0.128. The summed E-state index contributed by atoms with van der Waals surface area (Å²) in [6.45, 7) is 5.63. The van der Waals surface area contributed by atoms with Gasteiger partial charge in [0.2, 0.25) is 0 Å². The summed E-state index contributed by atoms with van der Waals surface area (Å²) in [7, 11) is 0. The number of hydrogen-bond donors (Lipinski definition) is 1. The molecule has 0 aliphatic heterocycles. The van der Waals surface area contributed by atoms with E-state index in [1.807, 2.05) is 66.7 Å². The Morgan fingerprint density at radius 3 is 1.89 bits per heavy atom. The number of ether oxygens (including phenoxy) is 3. The van der Waals surface area contributed by atoms with Gasteiger partial charge in [-0.2, -0.15) is 0 Å². The molecule has 0 saturated heterocycles. The number of rotatable bonds is 13. The summed E-state index contributed by atoms with van der Waals surface area (Å²) < 4.78 is 17.1. The van der Waals surface area contributed by atoms with Gasteiger partial charge in [0.25, 0.3) is 0 Å². The molecule has 0 bridgehead atoms. The maximum Gasteiger partial charge on any atom is 0.407 e. The second kappa shape index (κ2) is 16.2. The van der Waals surface area contributed by atoms with E-state index in [2.05, 4.69) is 29.6 Å². The number of alkyl carbamates (subject to hydrolysis) is 1. The van der Waals surface area contributed by atoms with Gasteiger partial charge in [-0.15, -0.1) is 0 Å². The van der Waals surface area contributed by atoms with E-state index in [0.717, 1.165) is 22.3 Å². The number of amides is 1. The fourth-order valence-electron chi connectivity index (χ4n) is 4.86. The summed E-state index contributed by atoms with van der Waals surface area (Å²) in [4.78, 5) is 39.2. The first-order valence-corrected chi connectivity index (χ1v) is 15.3. The highest BCUT2D eigenvalue weighted by atomic mass is 16.6. The van der Waals surface area contributed by atoms with Crippen molar-refractivity contribution in [2.75, 3.05) is 6.54 Å². The van der Waals surface area contributed by atoms with E-state index < -0.39 is 35.7 Å². The molecule has 7 nitrogen and oxygen atoms in total. The molecule has 1 amide bonds. The number of benzene rings is 4. The molecule has 2 atom stereocenters. The lowest BCUT2D eigenvalue weighted by Gasteiger charge is -2.29. The number of esters is 2. The zero-order valence-corrected chi connectivity index (χ0v) is 26.1. The van der Waals surface area contributed by atoms with Crippen LogP contribution in [0.1, 0.15) is 55.1 Å². The van der Waals surface area contributed by atoms with E-state index in [4.69, 9.17) is 14.2 Å². The van der Waals surface area contributed by atoms with Crippen LogP contribution in [0.5, 0.6) is 0 Å². The van der Waals surface area contributed by atoms with Gasteiger partial charge < -0.3 is 19.5 Å². The Balaban J connectivity index is 1.48. The van der Waals surface area contributed by atoms with Crippen molar-refractivity contribution in [3.05, 3.63) is 132 Å². The van der Waals surface area contributed by atoms with Crippen LogP contribution in [0.2, 0.25) is 0 Å². The van der Waals surface area contributed by atoms with Crippen molar-refractivity contribution < 1.29 is 28.6 Å². The normalized spacial score (nSPS) is 12.4. The summed E-state index contributed by atoms with van der Waals surface area (Å²) in [6, 6.07) is 36.4. The SMILES string of the molecule is CC(C)(C)OC(=O)C(CCNC(=O)OCc1ccccc1)C(CCc1ccc(-c2ccccc2)cc1)OC(=O)c1ccccc1. The summed E-state index contributed by atoms with van der Waals surface area (Å²) in [6.07, 6.45) is -0.268. The van der Waals surface area contributed by atoms with Crippen molar-refractivity contribution in [1.82, 2.24) is 5.32 Å². The number of carbonyl (C=O) groups excluding carboxylic acids is 3. The average Bonchev–Trinajstić information content (AvgIpc) is 3.05. The minimum Gasteiger partial charge on any atom is -0.460 e. The molecule has 0 aliphatic rings. The topological polar surface area (TPSA) is 90.9 Å². The third-order valence-electron chi connectivity index (χ3n) is 7.14. The molecule has 4 aromatic carbocycles. The Morgan fingerprint density at radius 2 is 1.27 bits per heavy atom. The Morgan fingerprint density at radius 1 is 0.689 bits per heavy atom. The molecule has 0 aliphatic carbocycles.